The van der Waals surface area contributed by atoms with Crippen molar-refractivity contribution in [2.45, 2.75) is 31.7 Å². The number of amides is 1. The Labute approximate surface area is 149 Å². The summed E-state index contributed by atoms with van der Waals surface area (Å²) in [6, 6.07) is 5.48. The number of hydrogen-bond acceptors (Lipinski definition) is 5. The molecule has 0 aromatic heterocycles. The molecule has 1 amide bonds. The highest BCUT2D eigenvalue weighted by Gasteiger charge is 2.21. The fraction of sp³-hybridized carbons (Fsp3) is 0.588. The number of hydrogen-bond donors (Lipinski definition) is 3. The third-order valence-corrected chi connectivity index (χ3v) is 5.29. The van der Waals surface area contributed by atoms with Gasteiger partial charge in [0.05, 0.1) is 17.6 Å². The van der Waals surface area contributed by atoms with Gasteiger partial charge in [-0.15, -0.1) is 0 Å². The zero-order valence-electron chi connectivity index (χ0n) is 14.5. The second-order valence-corrected chi connectivity index (χ2v) is 8.55. The maximum atomic E-state index is 12.5. The molecule has 3 N–H and O–H groups in total. The molecule has 2 fully saturated rings. The van der Waals surface area contributed by atoms with Crippen LogP contribution < -0.4 is 20.3 Å². The molecule has 1 aliphatic heterocycles. The van der Waals surface area contributed by atoms with Crippen LogP contribution in [0.15, 0.2) is 18.2 Å². The SMILES string of the molecule is CS(=O)(=O)Nc1cc(C(=O)NC2CCCC2)ccc1N1CCNCC1. The summed E-state index contributed by atoms with van der Waals surface area (Å²) in [5.74, 6) is -0.143. The van der Waals surface area contributed by atoms with Crippen LogP contribution in [-0.2, 0) is 10.0 Å². The standard InChI is InChI=1S/C17H26N4O3S/c1-25(23,24)20-15-12-13(17(22)19-14-4-2-3-5-14)6-7-16(15)21-10-8-18-9-11-21/h6-7,12,14,18,20H,2-5,8-11H2,1H3,(H,19,22). The van der Waals surface area contributed by atoms with Crippen LogP contribution in [0.25, 0.3) is 0 Å². The Morgan fingerprint density at radius 2 is 1.88 bits per heavy atom. The van der Waals surface area contributed by atoms with Gasteiger partial charge < -0.3 is 15.5 Å². The second-order valence-electron chi connectivity index (χ2n) is 6.80. The summed E-state index contributed by atoms with van der Waals surface area (Å²) in [6.45, 7) is 3.29. The quantitative estimate of drug-likeness (QED) is 0.727. The first kappa shape index (κ1) is 18.0. The molecule has 0 atom stereocenters. The number of rotatable bonds is 5. The number of sulfonamides is 1. The second kappa shape index (κ2) is 7.61. The molecule has 1 saturated heterocycles. The number of carbonyl (C=O) groups is 1. The fourth-order valence-corrected chi connectivity index (χ4v) is 4.04. The minimum absolute atomic E-state index is 0.143. The topological polar surface area (TPSA) is 90.5 Å². The largest absolute Gasteiger partial charge is 0.367 e. The van der Waals surface area contributed by atoms with Crippen molar-refractivity contribution in [2.24, 2.45) is 0 Å². The van der Waals surface area contributed by atoms with E-state index in [1.807, 2.05) is 6.07 Å². The van der Waals surface area contributed by atoms with Crippen LogP contribution >= 0.6 is 0 Å². The Bertz CT molecular complexity index is 723. The predicted octanol–water partition coefficient (Wildman–Crippen LogP) is 1.14. The van der Waals surface area contributed by atoms with E-state index in [1.165, 1.54) is 0 Å². The molecule has 0 radical (unpaired) electrons. The summed E-state index contributed by atoms with van der Waals surface area (Å²) in [5.41, 5.74) is 1.75. The van der Waals surface area contributed by atoms with Crippen molar-refractivity contribution in [3.63, 3.8) is 0 Å². The van der Waals surface area contributed by atoms with Crippen molar-refractivity contribution < 1.29 is 13.2 Å². The molecule has 0 bridgehead atoms. The van der Waals surface area contributed by atoms with Crippen LogP contribution in [0.5, 0.6) is 0 Å². The zero-order chi connectivity index (χ0) is 17.9. The Morgan fingerprint density at radius 1 is 1.20 bits per heavy atom. The van der Waals surface area contributed by atoms with Gasteiger partial charge in [0.25, 0.3) is 5.91 Å². The Kier molecular flexibility index (Phi) is 5.48. The van der Waals surface area contributed by atoms with Crippen molar-refractivity contribution in [1.82, 2.24) is 10.6 Å². The molecule has 138 valence electrons. The van der Waals surface area contributed by atoms with Gasteiger partial charge in [-0.1, -0.05) is 12.8 Å². The van der Waals surface area contributed by atoms with Gasteiger partial charge in [-0.2, -0.15) is 0 Å². The lowest BCUT2D eigenvalue weighted by Gasteiger charge is -2.31. The van der Waals surface area contributed by atoms with Crippen molar-refractivity contribution in [1.29, 1.82) is 0 Å². The Morgan fingerprint density at radius 3 is 2.52 bits per heavy atom. The Balaban J connectivity index is 1.84. The van der Waals surface area contributed by atoms with Crippen molar-refractivity contribution in [2.75, 3.05) is 42.1 Å². The minimum atomic E-state index is -3.43. The number of piperazine rings is 1. The van der Waals surface area contributed by atoms with Gasteiger partial charge >= 0.3 is 0 Å². The lowest BCUT2D eigenvalue weighted by Crippen LogP contribution is -2.43. The first-order valence-corrected chi connectivity index (χ1v) is 10.7. The van der Waals surface area contributed by atoms with E-state index in [9.17, 15) is 13.2 Å². The summed E-state index contributed by atoms with van der Waals surface area (Å²) < 4.78 is 26.1. The molecule has 1 heterocycles. The van der Waals surface area contributed by atoms with E-state index in [0.717, 1.165) is 63.8 Å². The van der Waals surface area contributed by atoms with Crippen LogP contribution in [-0.4, -0.2) is 52.8 Å². The highest BCUT2D eigenvalue weighted by Crippen LogP contribution is 2.29. The van der Waals surface area contributed by atoms with Gasteiger partial charge in [-0.3, -0.25) is 9.52 Å². The molecule has 1 aromatic rings. The fourth-order valence-electron chi connectivity index (χ4n) is 3.48. The van der Waals surface area contributed by atoms with Gasteiger partial charge in [-0.05, 0) is 31.0 Å². The third-order valence-electron chi connectivity index (χ3n) is 4.70. The zero-order valence-corrected chi connectivity index (χ0v) is 15.4. The molecule has 0 unspecified atom stereocenters. The third kappa shape index (κ3) is 4.85. The van der Waals surface area contributed by atoms with Crippen molar-refractivity contribution in [3.8, 4) is 0 Å². The first-order valence-electron chi connectivity index (χ1n) is 8.81. The van der Waals surface area contributed by atoms with E-state index in [4.69, 9.17) is 0 Å². The average Bonchev–Trinajstić information content (AvgIpc) is 3.07. The summed E-state index contributed by atoms with van der Waals surface area (Å²) in [7, 11) is -3.43. The van der Waals surface area contributed by atoms with Crippen LogP contribution in [0.1, 0.15) is 36.0 Å². The van der Waals surface area contributed by atoms with Crippen LogP contribution in [0.2, 0.25) is 0 Å². The van der Waals surface area contributed by atoms with Crippen LogP contribution in [0.3, 0.4) is 0 Å². The number of benzene rings is 1. The summed E-state index contributed by atoms with van der Waals surface area (Å²) in [4.78, 5) is 14.6. The van der Waals surface area contributed by atoms with Crippen molar-refractivity contribution >= 4 is 27.3 Å². The molecular weight excluding hydrogens is 340 g/mol. The average molecular weight is 366 g/mol. The summed E-state index contributed by atoms with van der Waals surface area (Å²) >= 11 is 0. The highest BCUT2D eigenvalue weighted by molar-refractivity contribution is 7.92. The van der Waals surface area contributed by atoms with Gasteiger partial charge in [-0.25, -0.2) is 8.42 Å². The monoisotopic (exact) mass is 366 g/mol. The van der Waals surface area contributed by atoms with E-state index in [1.54, 1.807) is 12.1 Å². The molecule has 7 nitrogen and oxygen atoms in total. The minimum Gasteiger partial charge on any atom is -0.367 e. The number of nitrogens with one attached hydrogen (secondary N) is 3. The molecule has 3 rings (SSSR count). The summed E-state index contributed by atoms with van der Waals surface area (Å²) in [6.07, 6.45) is 5.44. The van der Waals surface area contributed by atoms with E-state index < -0.39 is 10.0 Å². The lowest BCUT2D eigenvalue weighted by molar-refractivity contribution is 0.0938. The maximum Gasteiger partial charge on any atom is 0.251 e. The lowest BCUT2D eigenvalue weighted by atomic mass is 10.1. The van der Waals surface area contributed by atoms with E-state index in [0.29, 0.717) is 11.3 Å². The van der Waals surface area contributed by atoms with E-state index >= 15 is 0 Å². The highest BCUT2D eigenvalue weighted by atomic mass is 32.2. The molecule has 1 aliphatic carbocycles. The molecule has 25 heavy (non-hydrogen) atoms. The van der Waals surface area contributed by atoms with E-state index in [-0.39, 0.29) is 11.9 Å². The summed E-state index contributed by atoms with van der Waals surface area (Å²) in [5, 5.41) is 6.32. The molecule has 1 saturated carbocycles. The van der Waals surface area contributed by atoms with Crippen LogP contribution in [0, 0.1) is 0 Å². The van der Waals surface area contributed by atoms with Gasteiger partial charge in [0.15, 0.2) is 0 Å². The molecular formula is C17H26N4O3S. The van der Waals surface area contributed by atoms with Gasteiger partial charge in [0.1, 0.15) is 0 Å². The molecule has 1 aromatic carbocycles. The number of carbonyl (C=O) groups excluding carboxylic acids is 1. The molecule has 2 aliphatic rings. The smallest absolute Gasteiger partial charge is 0.251 e. The number of anilines is 2. The normalized spacial score (nSPS) is 19.0. The first-order chi connectivity index (χ1) is 11.9. The molecule has 8 heteroatoms. The Hall–Kier alpha value is -1.80. The maximum absolute atomic E-state index is 12.5. The number of nitrogens with zero attached hydrogens (tertiary/aromatic N) is 1. The van der Waals surface area contributed by atoms with Gasteiger partial charge in [0, 0.05) is 37.8 Å². The predicted molar refractivity (Wildman–Crippen MR) is 99.7 cm³/mol. The van der Waals surface area contributed by atoms with E-state index in [2.05, 4.69) is 20.3 Å². The van der Waals surface area contributed by atoms with Crippen molar-refractivity contribution in [3.05, 3.63) is 23.8 Å². The molecule has 0 spiro atoms. The van der Waals surface area contributed by atoms with Gasteiger partial charge in [0.2, 0.25) is 10.0 Å². The van der Waals surface area contributed by atoms with Crippen LogP contribution in [0.4, 0.5) is 11.4 Å².